The molecule has 0 saturated carbocycles. The molecule has 0 bridgehead atoms. The molecule has 4 rings (SSSR count). The topological polar surface area (TPSA) is 42.3 Å². The Kier molecular flexibility index (Phi) is 4.81. The van der Waals surface area contributed by atoms with Crippen LogP contribution in [-0.2, 0) is 0 Å². The van der Waals surface area contributed by atoms with Gasteiger partial charge in [-0.2, -0.15) is 0 Å². The van der Waals surface area contributed by atoms with Crippen LogP contribution in [0.2, 0.25) is 0 Å². The van der Waals surface area contributed by atoms with E-state index in [9.17, 15) is 0 Å². The number of pyridine rings is 1. The number of hydrogen-bond acceptors (Lipinski definition) is 3. The van der Waals surface area contributed by atoms with Crippen molar-refractivity contribution in [3.63, 3.8) is 0 Å². The molecule has 1 fully saturated rings. The summed E-state index contributed by atoms with van der Waals surface area (Å²) in [4.78, 5) is 6.70. The molecule has 3 aromatic rings. The van der Waals surface area contributed by atoms with Crippen LogP contribution >= 0.6 is 12.2 Å². The molecule has 0 radical (unpaired) electrons. The fraction of sp³-hybridized carbons (Fsp3) is 0.273. The third-order valence-corrected chi connectivity index (χ3v) is 5.85. The van der Waals surface area contributed by atoms with Crippen molar-refractivity contribution in [1.82, 2.24) is 19.8 Å². The van der Waals surface area contributed by atoms with Gasteiger partial charge in [-0.15, -0.1) is 0 Å². The molecule has 3 heterocycles. The van der Waals surface area contributed by atoms with Crippen LogP contribution in [0.25, 0.3) is 5.69 Å². The van der Waals surface area contributed by atoms with E-state index < -0.39 is 0 Å². The predicted molar refractivity (Wildman–Crippen MR) is 115 cm³/mol. The highest BCUT2D eigenvalue weighted by molar-refractivity contribution is 7.80. The summed E-state index contributed by atoms with van der Waals surface area (Å²) in [6.45, 7) is 4.29. The number of thiocarbonyl (C=S) groups is 1. The molecule has 1 aliphatic heterocycles. The molecule has 5 nitrogen and oxygen atoms in total. The lowest BCUT2D eigenvalue weighted by Gasteiger charge is -2.24. The van der Waals surface area contributed by atoms with Crippen molar-refractivity contribution >= 4 is 17.3 Å². The summed E-state index contributed by atoms with van der Waals surface area (Å²) < 4.78 is 7.68. The first-order chi connectivity index (χ1) is 13.5. The molecule has 2 atom stereocenters. The number of aryl methyl sites for hydroxylation is 1. The predicted octanol–water partition coefficient (Wildman–Crippen LogP) is 4.10. The average molecular weight is 393 g/mol. The zero-order valence-electron chi connectivity index (χ0n) is 16.5. The van der Waals surface area contributed by atoms with Gasteiger partial charge >= 0.3 is 0 Å². The molecule has 1 saturated heterocycles. The molecule has 0 spiro atoms. The van der Waals surface area contributed by atoms with E-state index in [0.717, 1.165) is 22.2 Å². The molecule has 0 aliphatic carbocycles. The monoisotopic (exact) mass is 392 g/mol. The first-order valence-corrected chi connectivity index (χ1v) is 9.69. The van der Waals surface area contributed by atoms with Crippen molar-refractivity contribution in [2.24, 2.45) is 0 Å². The maximum absolute atomic E-state index is 5.57. The Morgan fingerprint density at radius 3 is 2.64 bits per heavy atom. The van der Waals surface area contributed by atoms with Crippen molar-refractivity contribution in [3.05, 3.63) is 77.4 Å². The fourth-order valence-corrected chi connectivity index (χ4v) is 4.32. The Labute approximate surface area is 171 Å². The van der Waals surface area contributed by atoms with Crippen molar-refractivity contribution in [2.45, 2.75) is 25.9 Å². The van der Waals surface area contributed by atoms with Gasteiger partial charge in [0.05, 0.1) is 24.9 Å². The average Bonchev–Trinajstić information content (AvgIpc) is 3.17. The van der Waals surface area contributed by atoms with E-state index in [-0.39, 0.29) is 12.1 Å². The number of rotatable bonds is 4. The maximum Gasteiger partial charge on any atom is 0.169 e. The number of nitrogens with zero attached hydrogens (tertiary/aromatic N) is 3. The smallest absolute Gasteiger partial charge is 0.169 e. The van der Waals surface area contributed by atoms with Gasteiger partial charge in [-0.1, -0.05) is 12.1 Å². The van der Waals surface area contributed by atoms with Gasteiger partial charge in [0.25, 0.3) is 0 Å². The van der Waals surface area contributed by atoms with Gasteiger partial charge in [0.2, 0.25) is 0 Å². The summed E-state index contributed by atoms with van der Waals surface area (Å²) in [6.07, 6.45) is 1.83. The number of nitrogens with one attached hydrogen (secondary N) is 1. The summed E-state index contributed by atoms with van der Waals surface area (Å²) in [5.41, 5.74) is 5.68. The lowest BCUT2D eigenvalue weighted by molar-refractivity contribution is 0.367. The van der Waals surface area contributed by atoms with Crippen molar-refractivity contribution in [1.29, 1.82) is 0 Å². The highest BCUT2D eigenvalue weighted by Crippen LogP contribution is 2.40. The highest BCUT2D eigenvalue weighted by atomic mass is 32.1. The largest absolute Gasteiger partial charge is 0.497 e. The van der Waals surface area contributed by atoms with E-state index in [1.807, 2.05) is 43.6 Å². The van der Waals surface area contributed by atoms with Gasteiger partial charge in [0.1, 0.15) is 5.75 Å². The molecule has 28 heavy (non-hydrogen) atoms. The maximum atomic E-state index is 5.57. The van der Waals surface area contributed by atoms with Crippen LogP contribution in [0.5, 0.6) is 5.75 Å². The van der Waals surface area contributed by atoms with E-state index in [1.165, 1.54) is 17.0 Å². The van der Waals surface area contributed by atoms with Crippen molar-refractivity contribution in [3.8, 4) is 11.4 Å². The number of aromatic nitrogens is 2. The van der Waals surface area contributed by atoms with Gasteiger partial charge in [-0.05, 0) is 62.0 Å². The Morgan fingerprint density at radius 1 is 1.11 bits per heavy atom. The first-order valence-electron chi connectivity index (χ1n) is 9.28. The second-order valence-electron chi connectivity index (χ2n) is 7.10. The van der Waals surface area contributed by atoms with Gasteiger partial charge in [0.15, 0.2) is 5.11 Å². The van der Waals surface area contributed by atoms with Gasteiger partial charge < -0.3 is 19.5 Å². The molecule has 2 aromatic heterocycles. The zero-order valence-corrected chi connectivity index (χ0v) is 17.3. The number of benzene rings is 1. The van der Waals surface area contributed by atoms with Crippen LogP contribution in [0, 0.1) is 13.8 Å². The minimum absolute atomic E-state index is 0.0120. The van der Waals surface area contributed by atoms with E-state index in [0.29, 0.717) is 0 Å². The van der Waals surface area contributed by atoms with E-state index in [2.05, 4.69) is 51.8 Å². The number of methoxy groups -OCH3 is 1. The standard InChI is InChI=1S/C22H24N4OS/c1-14-12-18(15(2)26(14)16-8-7-9-17(13-16)27-4)21-20(24-22(28)25(21)3)19-10-5-6-11-23-19/h5-13,20-21H,1-4H3,(H,24,28)/t20-,21-/m1/s1. The molecule has 0 unspecified atom stereocenters. The summed E-state index contributed by atoms with van der Waals surface area (Å²) >= 11 is 5.57. The number of hydrogen-bond donors (Lipinski definition) is 1. The quantitative estimate of drug-likeness (QED) is 0.677. The second kappa shape index (κ2) is 7.28. The van der Waals surface area contributed by atoms with Crippen LogP contribution in [0.3, 0.4) is 0 Å². The highest BCUT2D eigenvalue weighted by Gasteiger charge is 2.39. The minimum atomic E-state index is 0.0120. The van der Waals surface area contributed by atoms with Crippen LogP contribution < -0.4 is 10.1 Å². The lowest BCUT2D eigenvalue weighted by Crippen LogP contribution is -2.25. The summed E-state index contributed by atoms with van der Waals surface area (Å²) in [7, 11) is 3.73. The normalized spacial score (nSPS) is 19.0. The number of ether oxygens (including phenoxy) is 1. The molecular weight excluding hydrogens is 368 g/mol. The Bertz CT molecular complexity index is 1010. The van der Waals surface area contributed by atoms with Gasteiger partial charge in [-0.3, -0.25) is 4.98 Å². The van der Waals surface area contributed by atoms with Crippen molar-refractivity contribution < 1.29 is 4.74 Å². The molecule has 144 valence electrons. The second-order valence-corrected chi connectivity index (χ2v) is 7.49. The zero-order chi connectivity index (χ0) is 19.8. The van der Waals surface area contributed by atoms with Gasteiger partial charge in [0, 0.05) is 36.4 Å². The molecule has 1 aliphatic rings. The minimum Gasteiger partial charge on any atom is -0.497 e. The van der Waals surface area contributed by atoms with E-state index in [4.69, 9.17) is 17.0 Å². The summed E-state index contributed by atoms with van der Waals surface area (Å²) in [6, 6.07) is 16.5. The SMILES string of the molecule is COc1cccc(-n2c(C)cc([C@@H]3[C@@H](c4ccccn4)NC(=S)N3C)c2C)c1. The first kappa shape index (κ1) is 18.5. The van der Waals surface area contributed by atoms with E-state index in [1.54, 1.807) is 7.11 Å². The number of likely N-dealkylation sites (N-methyl/N-ethyl adjacent to an activating group) is 1. The van der Waals surface area contributed by atoms with Crippen LogP contribution in [0.4, 0.5) is 0 Å². The Hall–Kier alpha value is -2.86. The van der Waals surface area contributed by atoms with E-state index >= 15 is 0 Å². The summed E-state index contributed by atoms with van der Waals surface area (Å²) in [5.74, 6) is 0.846. The van der Waals surface area contributed by atoms with Crippen LogP contribution in [0.1, 0.15) is 34.7 Å². The van der Waals surface area contributed by atoms with Crippen LogP contribution in [0.15, 0.2) is 54.7 Å². The fourth-order valence-electron chi connectivity index (χ4n) is 4.08. The third-order valence-electron chi connectivity index (χ3n) is 5.44. The third kappa shape index (κ3) is 3.03. The molecular formula is C22H24N4OS. The molecule has 1 N–H and O–H groups in total. The Morgan fingerprint density at radius 2 is 1.93 bits per heavy atom. The molecule has 6 heteroatoms. The molecule has 1 aromatic carbocycles. The lowest BCUT2D eigenvalue weighted by atomic mass is 9.97. The summed E-state index contributed by atoms with van der Waals surface area (Å²) in [5, 5.41) is 4.19. The van der Waals surface area contributed by atoms with Crippen molar-refractivity contribution in [2.75, 3.05) is 14.2 Å². The Balaban J connectivity index is 1.81. The van der Waals surface area contributed by atoms with Gasteiger partial charge in [-0.25, -0.2) is 0 Å². The molecule has 0 amide bonds. The van der Waals surface area contributed by atoms with Crippen LogP contribution in [-0.4, -0.2) is 33.7 Å².